The van der Waals surface area contributed by atoms with Gasteiger partial charge in [-0.2, -0.15) is 0 Å². The zero-order valence-corrected chi connectivity index (χ0v) is 13.7. The lowest BCUT2D eigenvalue weighted by molar-refractivity contribution is 0.230. The highest BCUT2D eigenvalue weighted by atomic mass is 79.9. The maximum Gasteiger partial charge on any atom is 0.109 e. The Bertz CT molecular complexity index is 420. The van der Waals surface area contributed by atoms with Gasteiger partial charge in [-0.1, -0.05) is 0 Å². The van der Waals surface area contributed by atoms with Crippen LogP contribution in [0.15, 0.2) is 16.9 Å². The molecule has 0 amide bonds. The number of likely N-dealkylation sites (tertiary alicyclic amines) is 1. The summed E-state index contributed by atoms with van der Waals surface area (Å²) in [4.78, 5) is 6.93. The Hall–Kier alpha value is -0.610. The second kappa shape index (κ2) is 6.71. The quantitative estimate of drug-likeness (QED) is 0.856. The molecule has 1 aliphatic rings. The zero-order valence-electron chi connectivity index (χ0n) is 12.1. The first-order valence-electron chi connectivity index (χ1n) is 7.19. The monoisotopic (exact) mass is 325 g/mol. The third-order valence-corrected chi connectivity index (χ3v) is 4.71. The molecule has 0 saturated carbocycles. The van der Waals surface area contributed by atoms with Crippen molar-refractivity contribution in [3.8, 4) is 0 Å². The van der Waals surface area contributed by atoms with Crippen LogP contribution in [-0.2, 0) is 0 Å². The van der Waals surface area contributed by atoms with Crippen molar-refractivity contribution in [1.29, 1.82) is 0 Å². The lowest BCUT2D eigenvalue weighted by Crippen LogP contribution is -2.32. The molecule has 19 heavy (non-hydrogen) atoms. The van der Waals surface area contributed by atoms with Gasteiger partial charge in [-0.05, 0) is 74.1 Å². The van der Waals surface area contributed by atoms with E-state index in [1.165, 1.54) is 37.9 Å². The molecule has 0 aliphatic carbocycles. The van der Waals surface area contributed by atoms with Gasteiger partial charge in [0.2, 0.25) is 0 Å². The van der Waals surface area contributed by atoms with Crippen LogP contribution in [0.1, 0.15) is 38.7 Å². The van der Waals surface area contributed by atoms with Crippen molar-refractivity contribution in [2.45, 2.75) is 52.1 Å². The molecule has 2 heterocycles. The molecule has 106 valence electrons. The van der Waals surface area contributed by atoms with Crippen LogP contribution in [0.25, 0.3) is 0 Å². The number of nitrogens with zero attached hydrogens (tertiary/aromatic N) is 2. The predicted octanol–water partition coefficient (Wildman–Crippen LogP) is 3.83. The van der Waals surface area contributed by atoms with E-state index in [2.05, 4.69) is 58.0 Å². The molecule has 1 saturated heterocycles. The van der Waals surface area contributed by atoms with Crippen LogP contribution < -0.4 is 5.32 Å². The molecule has 2 rings (SSSR count). The van der Waals surface area contributed by atoms with E-state index in [0.717, 1.165) is 10.3 Å². The molecule has 4 heteroatoms. The zero-order chi connectivity index (χ0) is 13.8. The van der Waals surface area contributed by atoms with E-state index in [1.54, 1.807) is 0 Å². The summed E-state index contributed by atoms with van der Waals surface area (Å²) < 4.78 is 0.935. The molecule has 0 aromatic carbocycles. The summed E-state index contributed by atoms with van der Waals surface area (Å²) in [6.45, 7) is 9.08. The van der Waals surface area contributed by atoms with Crippen LogP contribution in [0, 0.1) is 6.92 Å². The number of aryl methyl sites for hydroxylation is 1. The van der Waals surface area contributed by atoms with E-state index in [-0.39, 0.29) is 0 Å². The summed E-state index contributed by atoms with van der Waals surface area (Å²) in [5, 5.41) is 3.64. The third-order valence-electron chi connectivity index (χ3n) is 3.88. The molecule has 1 N–H and O–H groups in total. The van der Waals surface area contributed by atoms with E-state index in [9.17, 15) is 0 Å². The largest absolute Gasteiger partial charge is 0.381 e. The Kier molecular flexibility index (Phi) is 5.22. The predicted molar refractivity (Wildman–Crippen MR) is 84.6 cm³/mol. The van der Waals surface area contributed by atoms with E-state index in [0.29, 0.717) is 12.1 Å². The maximum absolute atomic E-state index is 4.35. The summed E-state index contributed by atoms with van der Waals surface area (Å²) in [5.41, 5.74) is 2.33. The highest BCUT2D eigenvalue weighted by molar-refractivity contribution is 9.10. The lowest BCUT2D eigenvalue weighted by Gasteiger charge is -2.24. The van der Waals surface area contributed by atoms with Crippen molar-refractivity contribution >= 4 is 21.6 Å². The van der Waals surface area contributed by atoms with Crippen LogP contribution in [0.5, 0.6) is 0 Å². The van der Waals surface area contributed by atoms with E-state index in [1.807, 2.05) is 6.20 Å². The van der Waals surface area contributed by atoms with Gasteiger partial charge in [0.15, 0.2) is 0 Å². The Balaban J connectivity index is 1.94. The van der Waals surface area contributed by atoms with Crippen LogP contribution in [-0.4, -0.2) is 35.1 Å². The normalized spacial score (nSPS) is 21.4. The fourth-order valence-electron chi connectivity index (χ4n) is 2.65. The molecule has 3 nitrogen and oxygen atoms in total. The summed E-state index contributed by atoms with van der Waals surface area (Å²) >= 11 is 3.45. The molecule has 1 fully saturated rings. The molecular weight excluding hydrogens is 302 g/mol. The Morgan fingerprint density at radius 2 is 2.16 bits per heavy atom. The van der Waals surface area contributed by atoms with Gasteiger partial charge in [0.25, 0.3) is 0 Å². The second-order valence-corrected chi connectivity index (χ2v) is 6.48. The number of pyridine rings is 1. The van der Waals surface area contributed by atoms with Crippen LogP contribution in [0.4, 0.5) is 5.69 Å². The first-order valence-corrected chi connectivity index (χ1v) is 7.98. The van der Waals surface area contributed by atoms with Crippen molar-refractivity contribution in [1.82, 2.24) is 9.88 Å². The summed E-state index contributed by atoms with van der Waals surface area (Å²) in [7, 11) is 0. The van der Waals surface area contributed by atoms with Gasteiger partial charge in [-0.3, -0.25) is 0 Å². The summed E-state index contributed by atoms with van der Waals surface area (Å²) in [5.74, 6) is 0. The lowest BCUT2D eigenvalue weighted by atomic mass is 10.1. The average molecular weight is 326 g/mol. The topological polar surface area (TPSA) is 28.2 Å². The first-order chi connectivity index (χ1) is 9.06. The van der Waals surface area contributed by atoms with E-state index >= 15 is 0 Å². The number of hydrogen-bond donors (Lipinski definition) is 1. The first kappa shape index (κ1) is 14.8. The third kappa shape index (κ3) is 4.18. The number of nitrogens with one attached hydrogen (secondary N) is 1. The number of hydrogen-bond acceptors (Lipinski definition) is 3. The highest BCUT2D eigenvalue weighted by Gasteiger charge is 2.18. The highest BCUT2D eigenvalue weighted by Crippen LogP contribution is 2.21. The van der Waals surface area contributed by atoms with Crippen molar-refractivity contribution in [3.63, 3.8) is 0 Å². The SMILES string of the molecule is Cc1cc(NC2CCCN(C(C)C)CC2)cnc1Br. The van der Waals surface area contributed by atoms with Gasteiger partial charge in [0.1, 0.15) is 4.60 Å². The van der Waals surface area contributed by atoms with Gasteiger partial charge >= 0.3 is 0 Å². The Morgan fingerprint density at radius 3 is 2.84 bits per heavy atom. The minimum atomic E-state index is 0.575. The molecular formula is C15H24BrN3. The summed E-state index contributed by atoms with van der Waals surface area (Å²) in [6, 6.07) is 3.41. The van der Waals surface area contributed by atoms with Gasteiger partial charge in [0, 0.05) is 18.6 Å². The molecule has 0 radical (unpaired) electrons. The van der Waals surface area contributed by atoms with Gasteiger partial charge in [-0.25, -0.2) is 4.98 Å². The van der Waals surface area contributed by atoms with E-state index in [4.69, 9.17) is 0 Å². The number of rotatable bonds is 3. The fourth-order valence-corrected chi connectivity index (χ4v) is 2.87. The summed E-state index contributed by atoms with van der Waals surface area (Å²) in [6.07, 6.45) is 5.66. The Morgan fingerprint density at radius 1 is 1.37 bits per heavy atom. The standard InChI is InChI=1S/C15H24BrN3/c1-11(2)19-7-4-5-13(6-8-19)18-14-9-12(3)15(16)17-10-14/h9-11,13,18H,4-8H2,1-3H3. The molecule has 0 bridgehead atoms. The number of anilines is 1. The van der Waals surface area contributed by atoms with Crippen molar-refractivity contribution < 1.29 is 0 Å². The minimum absolute atomic E-state index is 0.575. The van der Waals surface area contributed by atoms with Crippen molar-refractivity contribution in [3.05, 3.63) is 22.4 Å². The second-order valence-electron chi connectivity index (χ2n) is 5.73. The number of halogens is 1. The van der Waals surface area contributed by atoms with Crippen molar-refractivity contribution in [2.75, 3.05) is 18.4 Å². The average Bonchev–Trinajstić information content (AvgIpc) is 2.59. The smallest absolute Gasteiger partial charge is 0.109 e. The van der Waals surface area contributed by atoms with Crippen LogP contribution in [0.3, 0.4) is 0 Å². The molecule has 0 spiro atoms. The van der Waals surface area contributed by atoms with Gasteiger partial charge < -0.3 is 10.2 Å². The van der Waals surface area contributed by atoms with Crippen LogP contribution >= 0.6 is 15.9 Å². The Labute approximate surface area is 124 Å². The molecule has 1 aromatic rings. The molecule has 1 unspecified atom stereocenters. The van der Waals surface area contributed by atoms with Crippen LogP contribution in [0.2, 0.25) is 0 Å². The maximum atomic E-state index is 4.35. The van der Waals surface area contributed by atoms with Gasteiger partial charge in [0.05, 0.1) is 11.9 Å². The molecule has 1 aromatic heterocycles. The minimum Gasteiger partial charge on any atom is -0.381 e. The number of aromatic nitrogens is 1. The van der Waals surface area contributed by atoms with Crippen molar-refractivity contribution in [2.24, 2.45) is 0 Å². The molecule has 1 atom stereocenters. The van der Waals surface area contributed by atoms with E-state index < -0.39 is 0 Å². The molecule has 1 aliphatic heterocycles. The van der Waals surface area contributed by atoms with Gasteiger partial charge in [-0.15, -0.1) is 0 Å². The fraction of sp³-hybridized carbons (Fsp3) is 0.667.